The maximum atomic E-state index is 12.2. The lowest BCUT2D eigenvalue weighted by molar-refractivity contribution is -0.119. The second-order valence-corrected chi connectivity index (χ2v) is 5.28. The highest BCUT2D eigenvalue weighted by Gasteiger charge is 2.35. The van der Waals surface area contributed by atoms with Crippen LogP contribution in [0.4, 0.5) is 5.82 Å². The predicted octanol–water partition coefficient (Wildman–Crippen LogP) is 1.25. The summed E-state index contributed by atoms with van der Waals surface area (Å²) in [6.07, 6.45) is 2.71. The molecule has 0 unspecified atom stereocenters. The van der Waals surface area contributed by atoms with Gasteiger partial charge in [-0.05, 0) is 18.2 Å². The van der Waals surface area contributed by atoms with Crippen molar-refractivity contribution in [1.29, 1.82) is 0 Å². The predicted molar refractivity (Wildman–Crippen MR) is 87.4 cm³/mol. The van der Waals surface area contributed by atoms with Gasteiger partial charge in [-0.15, -0.1) is 6.58 Å². The average molecular weight is 355 g/mol. The topological polar surface area (TPSA) is 119 Å². The molecule has 0 atom stereocenters. The van der Waals surface area contributed by atoms with Crippen LogP contribution in [0.2, 0.25) is 0 Å². The third kappa shape index (κ3) is 3.22. The Morgan fingerprint density at radius 1 is 1.23 bits per heavy atom. The molecule has 9 nitrogen and oxygen atoms in total. The van der Waals surface area contributed by atoms with E-state index in [2.05, 4.69) is 21.6 Å². The number of carbonyl (C=O) groups is 4. The van der Waals surface area contributed by atoms with Gasteiger partial charge in [0.25, 0.3) is 17.7 Å². The number of benzene rings is 1. The standard InChI is InChI=1S/C17H13N3O6/c1-2-6-20-15(22)11-4-3-10(8-12(11)16(20)23)17(24)25-9-14(21)18-13-5-7-26-19-13/h2-5,7-8H,1,6,9H2,(H,18,19,21). The van der Waals surface area contributed by atoms with Crippen molar-refractivity contribution in [3.63, 3.8) is 0 Å². The van der Waals surface area contributed by atoms with E-state index in [1.807, 2.05) is 0 Å². The molecule has 1 aromatic carbocycles. The Balaban J connectivity index is 1.66. The van der Waals surface area contributed by atoms with Crippen molar-refractivity contribution in [3.05, 3.63) is 59.9 Å². The first-order chi connectivity index (χ1) is 12.5. The van der Waals surface area contributed by atoms with Crippen molar-refractivity contribution < 1.29 is 28.4 Å². The molecule has 1 aliphatic rings. The summed E-state index contributed by atoms with van der Waals surface area (Å²) in [4.78, 5) is 49.1. The third-order valence-electron chi connectivity index (χ3n) is 3.56. The molecule has 0 radical (unpaired) electrons. The van der Waals surface area contributed by atoms with E-state index in [-0.39, 0.29) is 29.1 Å². The van der Waals surface area contributed by atoms with Gasteiger partial charge in [-0.2, -0.15) is 0 Å². The summed E-state index contributed by atoms with van der Waals surface area (Å²) >= 11 is 0. The van der Waals surface area contributed by atoms with Gasteiger partial charge in [0.15, 0.2) is 12.4 Å². The lowest BCUT2D eigenvalue weighted by atomic mass is 10.1. The van der Waals surface area contributed by atoms with E-state index in [1.54, 1.807) is 0 Å². The number of hydrogen-bond donors (Lipinski definition) is 1. The van der Waals surface area contributed by atoms with Crippen LogP contribution < -0.4 is 5.32 Å². The lowest BCUT2D eigenvalue weighted by Gasteiger charge is -2.09. The Labute approximate surface area is 147 Å². The van der Waals surface area contributed by atoms with Crippen LogP contribution in [0, 0.1) is 0 Å². The van der Waals surface area contributed by atoms with E-state index in [4.69, 9.17) is 4.74 Å². The van der Waals surface area contributed by atoms with Gasteiger partial charge in [0, 0.05) is 12.6 Å². The van der Waals surface area contributed by atoms with Crippen LogP contribution in [-0.4, -0.2) is 46.9 Å². The number of anilines is 1. The molecule has 26 heavy (non-hydrogen) atoms. The van der Waals surface area contributed by atoms with Crippen LogP contribution in [0.1, 0.15) is 31.1 Å². The maximum Gasteiger partial charge on any atom is 0.338 e. The Kier molecular flexibility index (Phi) is 4.61. The van der Waals surface area contributed by atoms with Crippen LogP contribution in [0.25, 0.3) is 0 Å². The molecule has 0 spiro atoms. The number of nitrogens with zero attached hydrogens (tertiary/aromatic N) is 2. The highest BCUT2D eigenvalue weighted by molar-refractivity contribution is 6.22. The van der Waals surface area contributed by atoms with Gasteiger partial charge >= 0.3 is 5.97 Å². The molecule has 0 saturated carbocycles. The number of carbonyl (C=O) groups excluding carboxylic acids is 4. The molecule has 1 aliphatic heterocycles. The molecule has 0 fully saturated rings. The zero-order valence-corrected chi connectivity index (χ0v) is 13.4. The largest absolute Gasteiger partial charge is 0.452 e. The molecule has 0 aliphatic carbocycles. The van der Waals surface area contributed by atoms with E-state index in [0.29, 0.717) is 0 Å². The Morgan fingerprint density at radius 3 is 2.69 bits per heavy atom. The van der Waals surface area contributed by atoms with E-state index < -0.39 is 30.3 Å². The van der Waals surface area contributed by atoms with Gasteiger partial charge in [0.05, 0.1) is 16.7 Å². The molecular weight excluding hydrogens is 342 g/mol. The smallest absolute Gasteiger partial charge is 0.338 e. The molecule has 1 N–H and O–H groups in total. The Morgan fingerprint density at radius 2 is 2.00 bits per heavy atom. The number of esters is 1. The third-order valence-corrected chi connectivity index (χ3v) is 3.56. The second kappa shape index (κ2) is 7.01. The number of amides is 3. The Hall–Kier alpha value is -3.75. The first kappa shape index (κ1) is 17.1. The number of aromatic nitrogens is 1. The van der Waals surface area contributed by atoms with Gasteiger partial charge in [0.2, 0.25) is 0 Å². The first-order valence-corrected chi connectivity index (χ1v) is 7.49. The van der Waals surface area contributed by atoms with Gasteiger partial charge < -0.3 is 14.6 Å². The molecule has 132 valence electrons. The first-order valence-electron chi connectivity index (χ1n) is 7.49. The van der Waals surface area contributed by atoms with E-state index in [0.717, 1.165) is 4.90 Å². The van der Waals surface area contributed by atoms with Gasteiger partial charge in [0.1, 0.15) is 6.26 Å². The summed E-state index contributed by atoms with van der Waals surface area (Å²) in [7, 11) is 0. The molecule has 2 aromatic rings. The summed E-state index contributed by atoms with van der Waals surface area (Å²) in [6.45, 7) is 3.03. The number of rotatable bonds is 6. The monoisotopic (exact) mass is 355 g/mol. The number of hydrogen-bond acceptors (Lipinski definition) is 7. The summed E-state index contributed by atoms with van der Waals surface area (Å²) in [5, 5.41) is 5.86. The zero-order chi connectivity index (χ0) is 18.7. The summed E-state index contributed by atoms with van der Waals surface area (Å²) in [5.41, 5.74) is 0.370. The van der Waals surface area contributed by atoms with Crippen molar-refractivity contribution in [2.24, 2.45) is 0 Å². The van der Waals surface area contributed by atoms with Gasteiger partial charge in [-0.25, -0.2) is 4.79 Å². The molecule has 1 aromatic heterocycles. The normalized spacial score (nSPS) is 12.7. The van der Waals surface area contributed by atoms with Crippen LogP contribution in [0.3, 0.4) is 0 Å². The number of imide groups is 1. The van der Waals surface area contributed by atoms with E-state index in [9.17, 15) is 19.2 Å². The van der Waals surface area contributed by atoms with Gasteiger partial charge in [-0.1, -0.05) is 11.2 Å². The highest BCUT2D eigenvalue weighted by atomic mass is 16.5. The van der Waals surface area contributed by atoms with E-state index in [1.165, 1.54) is 36.6 Å². The molecule has 3 rings (SSSR count). The molecule has 2 heterocycles. The van der Waals surface area contributed by atoms with Crippen molar-refractivity contribution in [3.8, 4) is 0 Å². The van der Waals surface area contributed by atoms with Crippen molar-refractivity contribution in [2.75, 3.05) is 18.5 Å². The summed E-state index contributed by atoms with van der Waals surface area (Å²) < 4.78 is 9.46. The Bertz CT molecular complexity index is 903. The molecule has 3 amide bonds. The number of fused-ring (bicyclic) bond motifs is 1. The fourth-order valence-electron chi connectivity index (χ4n) is 2.38. The fraction of sp³-hybridized carbons (Fsp3) is 0.118. The van der Waals surface area contributed by atoms with Crippen molar-refractivity contribution in [2.45, 2.75) is 0 Å². The molecule has 9 heteroatoms. The highest BCUT2D eigenvalue weighted by Crippen LogP contribution is 2.24. The molecule has 0 saturated heterocycles. The van der Waals surface area contributed by atoms with Crippen LogP contribution >= 0.6 is 0 Å². The van der Waals surface area contributed by atoms with Crippen molar-refractivity contribution >= 4 is 29.5 Å². The summed E-state index contributed by atoms with van der Waals surface area (Å²) in [5.74, 6) is -2.17. The van der Waals surface area contributed by atoms with E-state index >= 15 is 0 Å². The number of ether oxygens (including phenoxy) is 1. The van der Waals surface area contributed by atoms with Gasteiger partial charge in [-0.3, -0.25) is 19.3 Å². The summed E-state index contributed by atoms with van der Waals surface area (Å²) in [6, 6.07) is 5.44. The molecular formula is C17H13N3O6. The minimum Gasteiger partial charge on any atom is -0.452 e. The minimum absolute atomic E-state index is 0.0552. The average Bonchev–Trinajstić information content (AvgIpc) is 3.22. The minimum atomic E-state index is -0.800. The zero-order valence-electron chi connectivity index (χ0n) is 13.4. The fourth-order valence-corrected chi connectivity index (χ4v) is 2.38. The lowest BCUT2D eigenvalue weighted by Crippen LogP contribution is -2.29. The van der Waals surface area contributed by atoms with Crippen molar-refractivity contribution in [1.82, 2.24) is 10.1 Å². The molecule has 0 bridgehead atoms. The second-order valence-electron chi connectivity index (χ2n) is 5.28. The SMILES string of the molecule is C=CCN1C(=O)c2ccc(C(=O)OCC(=O)Nc3ccon3)cc2C1=O. The van der Waals surface area contributed by atoms with Crippen LogP contribution in [0.5, 0.6) is 0 Å². The van der Waals surface area contributed by atoms with Crippen LogP contribution in [0.15, 0.2) is 47.7 Å². The maximum absolute atomic E-state index is 12.2. The number of nitrogens with one attached hydrogen (secondary N) is 1. The van der Waals surface area contributed by atoms with Crippen LogP contribution in [-0.2, 0) is 9.53 Å². The quantitative estimate of drug-likeness (QED) is 0.470.